The lowest BCUT2D eigenvalue weighted by atomic mass is 10.0. The molecule has 1 atom stereocenters. The van der Waals surface area contributed by atoms with Crippen LogP contribution < -0.4 is 10.1 Å². The molecule has 0 aliphatic heterocycles. The SMILES string of the molecule is CCCC(CCCl)CNC(=O)c1ccc(OC)cc1F. The molecular weight excluding hydrogens is 281 g/mol. The van der Waals surface area contributed by atoms with E-state index in [-0.39, 0.29) is 5.56 Å². The smallest absolute Gasteiger partial charge is 0.254 e. The molecule has 0 saturated heterocycles. The molecule has 0 saturated carbocycles. The van der Waals surface area contributed by atoms with Crippen molar-refractivity contribution < 1.29 is 13.9 Å². The zero-order valence-corrected chi connectivity index (χ0v) is 12.7. The van der Waals surface area contributed by atoms with Crippen LogP contribution >= 0.6 is 11.6 Å². The molecule has 0 heterocycles. The Hall–Kier alpha value is -1.29. The van der Waals surface area contributed by atoms with Gasteiger partial charge in [0.05, 0.1) is 12.7 Å². The molecule has 0 aromatic heterocycles. The fourth-order valence-corrected chi connectivity index (χ4v) is 2.36. The second-order valence-electron chi connectivity index (χ2n) is 4.69. The maximum absolute atomic E-state index is 13.7. The zero-order valence-electron chi connectivity index (χ0n) is 11.9. The van der Waals surface area contributed by atoms with E-state index in [1.807, 2.05) is 0 Å². The number of amides is 1. The van der Waals surface area contributed by atoms with E-state index in [2.05, 4.69) is 12.2 Å². The first kappa shape index (κ1) is 16.8. The highest BCUT2D eigenvalue weighted by Gasteiger charge is 2.14. The Bertz CT molecular complexity index is 434. The van der Waals surface area contributed by atoms with Gasteiger partial charge < -0.3 is 10.1 Å². The van der Waals surface area contributed by atoms with Gasteiger partial charge in [-0.05, 0) is 30.9 Å². The van der Waals surface area contributed by atoms with Crippen LogP contribution in [0.5, 0.6) is 5.75 Å². The average molecular weight is 302 g/mol. The van der Waals surface area contributed by atoms with E-state index in [9.17, 15) is 9.18 Å². The van der Waals surface area contributed by atoms with E-state index in [1.165, 1.54) is 19.2 Å². The van der Waals surface area contributed by atoms with Crippen LogP contribution in [0.1, 0.15) is 36.5 Å². The van der Waals surface area contributed by atoms with Crippen molar-refractivity contribution in [2.75, 3.05) is 19.5 Å². The number of alkyl halides is 1. The standard InChI is InChI=1S/C15H21ClFNO2/c1-3-4-11(7-8-16)10-18-15(19)13-6-5-12(20-2)9-14(13)17/h5-6,9,11H,3-4,7-8,10H2,1-2H3,(H,18,19). The summed E-state index contributed by atoms with van der Waals surface area (Å²) in [6.45, 7) is 2.61. The second kappa shape index (κ2) is 8.80. The van der Waals surface area contributed by atoms with E-state index in [4.69, 9.17) is 16.3 Å². The maximum Gasteiger partial charge on any atom is 0.254 e. The Kier molecular flexibility index (Phi) is 7.37. The van der Waals surface area contributed by atoms with Crippen molar-refractivity contribution in [3.63, 3.8) is 0 Å². The third-order valence-corrected chi connectivity index (χ3v) is 3.40. The maximum atomic E-state index is 13.7. The third kappa shape index (κ3) is 5.00. The number of ether oxygens (including phenoxy) is 1. The summed E-state index contributed by atoms with van der Waals surface area (Å²) in [7, 11) is 1.45. The molecule has 0 fully saturated rings. The van der Waals surface area contributed by atoms with Crippen molar-refractivity contribution in [2.45, 2.75) is 26.2 Å². The second-order valence-corrected chi connectivity index (χ2v) is 5.07. The first-order valence-electron chi connectivity index (χ1n) is 6.80. The molecule has 3 nitrogen and oxygen atoms in total. The number of carbonyl (C=O) groups excluding carboxylic acids is 1. The number of methoxy groups -OCH3 is 1. The summed E-state index contributed by atoms with van der Waals surface area (Å²) in [4.78, 5) is 12.0. The Labute approximate surface area is 124 Å². The number of nitrogens with one attached hydrogen (secondary N) is 1. The molecule has 5 heteroatoms. The molecule has 1 N–H and O–H groups in total. The molecule has 1 rings (SSSR count). The Balaban J connectivity index is 2.61. The van der Waals surface area contributed by atoms with Crippen LogP contribution in [-0.4, -0.2) is 25.4 Å². The normalized spacial score (nSPS) is 12.0. The van der Waals surface area contributed by atoms with E-state index < -0.39 is 11.7 Å². The van der Waals surface area contributed by atoms with Crippen LogP contribution in [0.15, 0.2) is 18.2 Å². The number of rotatable bonds is 8. The quantitative estimate of drug-likeness (QED) is 0.745. The molecule has 1 unspecified atom stereocenters. The predicted octanol–water partition coefficient (Wildman–Crippen LogP) is 3.61. The van der Waals surface area contributed by atoms with Crippen LogP contribution in [-0.2, 0) is 0 Å². The lowest BCUT2D eigenvalue weighted by Crippen LogP contribution is -2.30. The zero-order chi connectivity index (χ0) is 15.0. The molecule has 0 aliphatic rings. The average Bonchev–Trinajstić information content (AvgIpc) is 2.44. The van der Waals surface area contributed by atoms with Crippen LogP contribution in [0.2, 0.25) is 0 Å². The summed E-state index contributed by atoms with van der Waals surface area (Å²) >= 11 is 5.74. The number of hydrogen-bond donors (Lipinski definition) is 1. The van der Waals surface area contributed by atoms with Gasteiger partial charge >= 0.3 is 0 Å². The Morgan fingerprint density at radius 3 is 2.75 bits per heavy atom. The minimum absolute atomic E-state index is 0.0342. The van der Waals surface area contributed by atoms with Crippen molar-refractivity contribution in [2.24, 2.45) is 5.92 Å². The molecule has 1 amide bonds. The van der Waals surface area contributed by atoms with Gasteiger partial charge in [-0.15, -0.1) is 11.6 Å². The lowest BCUT2D eigenvalue weighted by Gasteiger charge is -2.15. The largest absolute Gasteiger partial charge is 0.497 e. The number of benzene rings is 1. The van der Waals surface area contributed by atoms with Crippen LogP contribution in [0.25, 0.3) is 0 Å². The van der Waals surface area contributed by atoms with Gasteiger partial charge in [-0.25, -0.2) is 4.39 Å². The topological polar surface area (TPSA) is 38.3 Å². The van der Waals surface area contributed by atoms with E-state index in [0.29, 0.717) is 24.1 Å². The van der Waals surface area contributed by atoms with Gasteiger partial charge in [0.1, 0.15) is 11.6 Å². The van der Waals surface area contributed by atoms with E-state index >= 15 is 0 Å². The third-order valence-electron chi connectivity index (χ3n) is 3.19. The summed E-state index contributed by atoms with van der Waals surface area (Å²) < 4.78 is 18.7. The molecule has 0 spiro atoms. The Morgan fingerprint density at radius 1 is 1.45 bits per heavy atom. The summed E-state index contributed by atoms with van der Waals surface area (Å²) in [5.41, 5.74) is 0.0342. The summed E-state index contributed by atoms with van der Waals surface area (Å²) in [5, 5.41) is 2.77. The fraction of sp³-hybridized carbons (Fsp3) is 0.533. The van der Waals surface area contributed by atoms with Crippen molar-refractivity contribution in [1.29, 1.82) is 0 Å². The molecule has 112 valence electrons. The molecule has 0 bridgehead atoms. The molecule has 1 aromatic carbocycles. The Morgan fingerprint density at radius 2 is 2.20 bits per heavy atom. The van der Waals surface area contributed by atoms with E-state index in [1.54, 1.807) is 6.07 Å². The van der Waals surface area contributed by atoms with Gasteiger partial charge in [-0.2, -0.15) is 0 Å². The van der Waals surface area contributed by atoms with Gasteiger partial charge in [-0.1, -0.05) is 13.3 Å². The first-order valence-corrected chi connectivity index (χ1v) is 7.33. The minimum Gasteiger partial charge on any atom is -0.497 e. The molecule has 20 heavy (non-hydrogen) atoms. The highest BCUT2D eigenvalue weighted by atomic mass is 35.5. The predicted molar refractivity (Wildman–Crippen MR) is 79.0 cm³/mol. The van der Waals surface area contributed by atoms with Crippen molar-refractivity contribution in [1.82, 2.24) is 5.32 Å². The van der Waals surface area contributed by atoms with Gasteiger partial charge in [0, 0.05) is 18.5 Å². The van der Waals surface area contributed by atoms with Crippen molar-refractivity contribution in [3.8, 4) is 5.75 Å². The summed E-state index contributed by atoms with van der Waals surface area (Å²) in [6, 6.07) is 4.21. The fourth-order valence-electron chi connectivity index (χ4n) is 2.05. The minimum atomic E-state index is -0.578. The first-order chi connectivity index (χ1) is 9.62. The number of carbonyl (C=O) groups is 1. The van der Waals surface area contributed by atoms with Gasteiger partial charge in [0.2, 0.25) is 0 Å². The van der Waals surface area contributed by atoms with Crippen LogP contribution in [0.3, 0.4) is 0 Å². The van der Waals surface area contributed by atoms with Crippen LogP contribution in [0.4, 0.5) is 4.39 Å². The van der Waals surface area contributed by atoms with Crippen molar-refractivity contribution in [3.05, 3.63) is 29.6 Å². The molecule has 1 aromatic rings. The molecule has 0 aliphatic carbocycles. The number of halogens is 2. The lowest BCUT2D eigenvalue weighted by molar-refractivity contribution is 0.0942. The number of hydrogen-bond acceptors (Lipinski definition) is 2. The van der Waals surface area contributed by atoms with Gasteiger partial charge in [0.15, 0.2) is 0 Å². The highest BCUT2D eigenvalue weighted by Crippen LogP contribution is 2.17. The van der Waals surface area contributed by atoms with Crippen LogP contribution in [0, 0.1) is 11.7 Å². The molecular formula is C15H21ClFNO2. The van der Waals surface area contributed by atoms with Gasteiger partial charge in [-0.3, -0.25) is 4.79 Å². The highest BCUT2D eigenvalue weighted by molar-refractivity contribution is 6.17. The summed E-state index contributed by atoms with van der Waals surface area (Å²) in [5.74, 6) is 0.317. The summed E-state index contributed by atoms with van der Waals surface area (Å²) in [6.07, 6.45) is 2.88. The van der Waals surface area contributed by atoms with Crippen molar-refractivity contribution >= 4 is 17.5 Å². The van der Waals surface area contributed by atoms with E-state index in [0.717, 1.165) is 19.3 Å². The van der Waals surface area contributed by atoms with Gasteiger partial charge in [0.25, 0.3) is 5.91 Å². The molecule has 0 radical (unpaired) electrons. The monoisotopic (exact) mass is 301 g/mol.